The van der Waals surface area contributed by atoms with Crippen molar-refractivity contribution in [3.63, 3.8) is 0 Å². The van der Waals surface area contributed by atoms with Crippen LogP contribution in [0, 0.1) is 11.6 Å². The molecular formula is C32H37F2N7O4. The Labute approximate surface area is 260 Å². The maximum atomic E-state index is 14.0. The van der Waals surface area contributed by atoms with E-state index in [4.69, 9.17) is 14.3 Å². The van der Waals surface area contributed by atoms with Gasteiger partial charge in [0.25, 0.3) is 0 Å². The second-order valence-electron chi connectivity index (χ2n) is 11.2. The predicted octanol–water partition coefficient (Wildman–Crippen LogP) is 4.82. The summed E-state index contributed by atoms with van der Waals surface area (Å²) in [5.41, 5.74) is 2.63. The molecule has 2 aromatic carbocycles. The number of benzene rings is 2. The standard InChI is InChI=1S/C32H37F2N7O4/c1-3-32(42)38-25-17-26(29(43-2)18-28(25)40-9-6-22(7-10-40)39-11-14-44-15-12-39)37-30-19-31(36-20-35-30)41-27(8-13-45-41)21-4-5-23(33)24(34)16-21/h3-5,16-20,22,27H,1,6-15H2,2H3,(H,38,42)(H,35,36,37)/t27-/m1/s1. The number of ether oxygens (including phenoxy) is 2. The number of hydrogen-bond donors (Lipinski definition) is 2. The molecule has 238 valence electrons. The summed E-state index contributed by atoms with van der Waals surface area (Å²) in [6.45, 7) is 9.14. The number of hydrogen-bond acceptors (Lipinski definition) is 10. The zero-order valence-corrected chi connectivity index (χ0v) is 25.2. The van der Waals surface area contributed by atoms with Gasteiger partial charge in [-0.05, 0) is 42.7 Å². The lowest BCUT2D eigenvalue weighted by molar-refractivity contribution is -0.111. The second kappa shape index (κ2) is 13.8. The third-order valence-corrected chi connectivity index (χ3v) is 8.50. The van der Waals surface area contributed by atoms with Crippen LogP contribution in [0.1, 0.15) is 30.9 Å². The Kier molecular flexibility index (Phi) is 9.38. The van der Waals surface area contributed by atoms with E-state index in [1.807, 2.05) is 12.1 Å². The number of methoxy groups -OCH3 is 1. The molecule has 4 heterocycles. The number of rotatable bonds is 9. The summed E-state index contributed by atoms with van der Waals surface area (Å²) in [5, 5.41) is 7.83. The lowest BCUT2D eigenvalue weighted by Crippen LogP contribution is -2.49. The first kappa shape index (κ1) is 30.7. The highest BCUT2D eigenvalue weighted by atomic mass is 19.2. The maximum absolute atomic E-state index is 14.0. The van der Waals surface area contributed by atoms with Crippen molar-refractivity contribution >= 4 is 34.6 Å². The van der Waals surface area contributed by atoms with Gasteiger partial charge in [0.15, 0.2) is 17.5 Å². The molecule has 0 aliphatic carbocycles. The van der Waals surface area contributed by atoms with Crippen LogP contribution in [0.25, 0.3) is 0 Å². The van der Waals surface area contributed by atoms with E-state index in [0.29, 0.717) is 53.4 Å². The van der Waals surface area contributed by atoms with Gasteiger partial charge in [0.05, 0.1) is 50.0 Å². The van der Waals surface area contributed by atoms with E-state index in [0.717, 1.165) is 64.0 Å². The number of morpholine rings is 1. The number of hydroxylamine groups is 1. The molecule has 11 nitrogen and oxygen atoms in total. The number of nitrogens with one attached hydrogen (secondary N) is 2. The smallest absolute Gasteiger partial charge is 0.247 e. The number of amides is 1. The van der Waals surface area contributed by atoms with Gasteiger partial charge in [0, 0.05) is 50.8 Å². The van der Waals surface area contributed by atoms with Gasteiger partial charge >= 0.3 is 0 Å². The largest absolute Gasteiger partial charge is 0.494 e. The van der Waals surface area contributed by atoms with Gasteiger partial charge in [0.1, 0.15) is 17.9 Å². The Hall–Kier alpha value is -4.33. The Morgan fingerprint density at radius 3 is 2.53 bits per heavy atom. The van der Waals surface area contributed by atoms with Crippen molar-refractivity contribution in [1.82, 2.24) is 14.9 Å². The van der Waals surface area contributed by atoms with Crippen LogP contribution >= 0.6 is 0 Å². The Morgan fingerprint density at radius 2 is 1.80 bits per heavy atom. The first-order chi connectivity index (χ1) is 21.9. The molecule has 3 saturated heterocycles. The highest BCUT2D eigenvalue weighted by molar-refractivity contribution is 6.02. The van der Waals surface area contributed by atoms with Gasteiger partial charge in [-0.2, -0.15) is 0 Å². The van der Waals surface area contributed by atoms with Crippen LogP contribution in [0.5, 0.6) is 5.75 Å². The van der Waals surface area contributed by atoms with E-state index in [-0.39, 0.29) is 11.9 Å². The topological polar surface area (TPSA) is 104 Å². The summed E-state index contributed by atoms with van der Waals surface area (Å²) in [5.74, 6) is -0.695. The minimum Gasteiger partial charge on any atom is -0.494 e. The van der Waals surface area contributed by atoms with E-state index in [1.54, 1.807) is 24.3 Å². The number of nitrogens with zero attached hydrogens (tertiary/aromatic N) is 5. The fourth-order valence-corrected chi connectivity index (χ4v) is 6.19. The van der Waals surface area contributed by atoms with Crippen LogP contribution < -0.4 is 25.3 Å². The number of halogens is 2. The highest BCUT2D eigenvalue weighted by Crippen LogP contribution is 2.40. The molecule has 1 aromatic heterocycles. The molecule has 0 unspecified atom stereocenters. The number of piperidine rings is 1. The summed E-state index contributed by atoms with van der Waals surface area (Å²) in [6, 6.07) is 9.42. The van der Waals surface area contributed by atoms with Crippen LogP contribution in [0.15, 0.2) is 55.4 Å². The molecule has 1 amide bonds. The third kappa shape index (κ3) is 6.85. The molecular weight excluding hydrogens is 584 g/mol. The van der Waals surface area contributed by atoms with Gasteiger partial charge in [-0.3, -0.25) is 14.5 Å². The van der Waals surface area contributed by atoms with Crippen molar-refractivity contribution in [2.45, 2.75) is 31.3 Å². The monoisotopic (exact) mass is 621 g/mol. The first-order valence-electron chi connectivity index (χ1n) is 15.1. The van der Waals surface area contributed by atoms with Gasteiger partial charge in [0.2, 0.25) is 5.91 Å². The molecule has 0 spiro atoms. The molecule has 0 radical (unpaired) electrons. The molecule has 0 saturated carbocycles. The van der Waals surface area contributed by atoms with Crippen LogP contribution in [0.4, 0.5) is 37.5 Å². The lowest BCUT2D eigenvalue weighted by atomic mass is 10.0. The molecule has 3 aliphatic rings. The molecule has 3 aromatic rings. The summed E-state index contributed by atoms with van der Waals surface area (Å²) in [4.78, 5) is 31.8. The van der Waals surface area contributed by atoms with Gasteiger partial charge in [-0.25, -0.2) is 23.8 Å². The number of aromatic nitrogens is 2. The minimum atomic E-state index is -0.916. The predicted molar refractivity (Wildman–Crippen MR) is 167 cm³/mol. The van der Waals surface area contributed by atoms with Gasteiger partial charge in [-0.1, -0.05) is 12.6 Å². The van der Waals surface area contributed by atoms with Crippen molar-refractivity contribution in [3.05, 3.63) is 72.6 Å². The zero-order chi connectivity index (χ0) is 31.3. The summed E-state index contributed by atoms with van der Waals surface area (Å²) in [7, 11) is 1.59. The van der Waals surface area contributed by atoms with Crippen molar-refractivity contribution in [2.24, 2.45) is 0 Å². The van der Waals surface area contributed by atoms with E-state index >= 15 is 0 Å². The Bertz CT molecular complexity index is 1530. The van der Waals surface area contributed by atoms with Crippen molar-refractivity contribution in [1.29, 1.82) is 0 Å². The summed E-state index contributed by atoms with van der Waals surface area (Å²) in [6.07, 6.45) is 5.21. The number of anilines is 5. The minimum absolute atomic E-state index is 0.325. The molecule has 45 heavy (non-hydrogen) atoms. The molecule has 3 fully saturated rings. The quantitative estimate of drug-likeness (QED) is 0.324. The Balaban J connectivity index is 1.24. The maximum Gasteiger partial charge on any atom is 0.247 e. The van der Waals surface area contributed by atoms with E-state index in [2.05, 4.69) is 37.0 Å². The van der Waals surface area contributed by atoms with E-state index in [1.165, 1.54) is 18.5 Å². The van der Waals surface area contributed by atoms with Crippen LogP contribution in [-0.2, 0) is 14.4 Å². The van der Waals surface area contributed by atoms with Crippen LogP contribution in [0.3, 0.4) is 0 Å². The van der Waals surface area contributed by atoms with Crippen LogP contribution in [0.2, 0.25) is 0 Å². The molecule has 2 N–H and O–H groups in total. The highest BCUT2D eigenvalue weighted by Gasteiger charge is 2.31. The number of carbonyl (C=O) groups is 1. The fraction of sp³-hybridized carbons (Fsp3) is 0.406. The van der Waals surface area contributed by atoms with Crippen molar-refractivity contribution in [2.75, 3.05) is 73.7 Å². The average Bonchev–Trinajstić information content (AvgIpc) is 3.57. The molecule has 13 heteroatoms. The molecule has 6 rings (SSSR count). The van der Waals surface area contributed by atoms with E-state index < -0.39 is 11.6 Å². The summed E-state index contributed by atoms with van der Waals surface area (Å²) < 4.78 is 38.9. The first-order valence-corrected chi connectivity index (χ1v) is 15.1. The zero-order valence-electron chi connectivity index (χ0n) is 25.2. The van der Waals surface area contributed by atoms with Crippen molar-refractivity contribution in [3.8, 4) is 5.75 Å². The molecule has 1 atom stereocenters. The van der Waals surface area contributed by atoms with Crippen molar-refractivity contribution < 1.29 is 27.9 Å². The normalized spacial score (nSPS) is 19.4. The van der Waals surface area contributed by atoms with E-state index in [9.17, 15) is 13.6 Å². The molecule has 3 aliphatic heterocycles. The average molecular weight is 622 g/mol. The number of carbonyl (C=O) groups excluding carboxylic acids is 1. The Morgan fingerprint density at radius 1 is 1.00 bits per heavy atom. The van der Waals surface area contributed by atoms with Gasteiger partial charge in [-0.15, -0.1) is 0 Å². The fourth-order valence-electron chi connectivity index (χ4n) is 6.19. The lowest BCUT2D eigenvalue weighted by Gasteiger charge is -2.41. The second-order valence-corrected chi connectivity index (χ2v) is 11.2. The third-order valence-electron chi connectivity index (χ3n) is 8.50. The molecule has 0 bridgehead atoms. The van der Waals surface area contributed by atoms with Crippen LogP contribution in [-0.4, -0.2) is 79.9 Å². The van der Waals surface area contributed by atoms with Gasteiger partial charge < -0.3 is 25.0 Å². The SMILES string of the molecule is C=CC(=O)Nc1cc(Nc2cc(N3OCC[C@@H]3c3ccc(F)c(F)c3)ncn2)c(OC)cc1N1CCC(N2CCOCC2)CC1. The summed E-state index contributed by atoms with van der Waals surface area (Å²) >= 11 is 0.